The van der Waals surface area contributed by atoms with Crippen LogP contribution in [-0.2, 0) is 6.54 Å². The molecule has 26 heavy (non-hydrogen) atoms. The second-order valence-electron chi connectivity index (χ2n) is 5.36. The van der Waals surface area contributed by atoms with Gasteiger partial charge in [0.2, 0.25) is 5.89 Å². The van der Waals surface area contributed by atoms with Crippen LogP contribution < -0.4 is 10.6 Å². The van der Waals surface area contributed by atoms with E-state index >= 15 is 0 Å². The second kappa shape index (κ2) is 9.18. The Morgan fingerprint density at radius 3 is 2.96 bits per heavy atom. The molecule has 0 spiro atoms. The molecule has 1 atom stereocenters. The van der Waals surface area contributed by atoms with Gasteiger partial charge in [0.25, 0.3) is 0 Å². The lowest BCUT2D eigenvalue weighted by atomic mass is 10.3. The molecular formula is C17H19ClN4O2S2. The van der Waals surface area contributed by atoms with E-state index in [2.05, 4.69) is 20.6 Å². The van der Waals surface area contributed by atoms with Gasteiger partial charge in [0, 0.05) is 18.0 Å². The number of hydrogen-bond acceptors (Lipinski definition) is 6. The molecule has 1 unspecified atom stereocenters. The first-order valence-corrected chi connectivity index (χ1v) is 10.2. The maximum absolute atomic E-state index is 10.2. The van der Waals surface area contributed by atoms with Gasteiger partial charge in [-0.1, -0.05) is 17.7 Å². The minimum atomic E-state index is -0.645. The number of halogens is 1. The largest absolute Gasteiger partial charge is 0.443 e. The monoisotopic (exact) mass is 410 g/mol. The quantitative estimate of drug-likeness (QED) is 0.406. The first-order valence-electron chi connectivity index (χ1n) is 8.09. The van der Waals surface area contributed by atoms with E-state index in [9.17, 15) is 5.11 Å². The number of aliphatic hydroxyl groups excluding tert-OH is 1. The highest BCUT2D eigenvalue weighted by Crippen LogP contribution is 2.26. The molecule has 3 aromatic heterocycles. The van der Waals surface area contributed by atoms with Crippen LogP contribution >= 0.6 is 34.3 Å². The number of guanidine groups is 1. The summed E-state index contributed by atoms with van der Waals surface area (Å²) >= 11 is 8.86. The smallest absolute Gasteiger partial charge is 0.236 e. The number of nitrogens with one attached hydrogen (secondary N) is 2. The number of aliphatic imine (C=N–C) groups is 1. The number of rotatable bonds is 7. The first-order chi connectivity index (χ1) is 12.7. The first kappa shape index (κ1) is 18.9. The fourth-order valence-corrected chi connectivity index (χ4v) is 3.90. The average Bonchev–Trinajstić information content (AvgIpc) is 3.37. The van der Waals surface area contributed by atoms with Crippen molar-refractivity contribution in [3.63, 3.8) is 0 Å². The van der Waals surface area contributed by atoms with Crippen molar-refractivity contribution in [3.8, 4) is 10.8 Å². The highest BCUT2D eigenvalue weighted by molar-refractivity contribution is 7.16. The van der Waals surface area contributed by atoms with Crippen LogP contribution in [0.5, 0.6) is 0 Å². The van der Waals surface area contributed by atoms with Crippen LogP contribution in [0.1, 0.15) is 23.6 Å². The Balaban J connectivity index is 1.58. The number of aliphatic hydroxyl groups is 1. The van der Waals surface area contributed by atoms with E-state index in [0.717, 1.165) is 15.4 Å². The maximum Gasteiger partial charge on any atom is 0.236 e. The zero-order valence-electron chi connectivity index (χ0n) is 14.1. The fraction of sp³-hybridized carbons (Fsp3) is 0.294. The molecule has 3 heterocycles. The lowest BCUT2D eigenvalue weighted by Gasteiger charge is -2.14. The molecule has 0 bridgehead atoms. The number of oxazole rings is 1. The maximum atomic E-state index is 10.2. The van der Waals surface area contributed by atoms with Crippen LogP contribution in [0.2, 0.25) is 4.34 Å². The van der Waals surface area contributed by atoms with Crippen LogP contribution in [-0.4, -0.2) is 29.1 Å². The third-order valence-corrected chi connectivity index (χ3v) is 5.60. The number of hydrogen-bond donors (Lipinski definition) is 3. The Labute approximate surface area is 164 Å². The van der Waals surface area contributed by atoms with Crippen LogP contribution in [0.15, 0.2) is 45.3 Å². The molecule has 0 saturated carbocycles. The third-order valence-electron chi connectivity index (χ3n) is 3.41. The summed E-state index contributed by atoms with van der Waals surface area (Å²) in [5, 5.41) is 18.5. The molecular weight excluding hydrogens is 392 g/mol. The van der Waals surface area contributed by atoms with E-state index in [0.29, 0.717) is 35.8 Å². The van der Waals surface area contributed by atoms with Crippen molar-refractivity contribution in [3.05, 3.63) is 50.8 Å². The number of aromatic nitrogens is 1. The van der Waals surface area contributed by atoms with Gasteiger partial charge in [0.1, 0.15) is 18.1 Å². The summed E-state index contributed by atoms with van der Waals surface area (Å²) in [5.41, 5.74) is 0.746. The fourth-order valence-electron chi connectivity index (χ4n) is 2.20. The van der Waals surface area contributed by atoms with Gasteiger partial charge in [0.15, 0.2) is 5.96 Å². The molecule has 3 N–H and O–H groups in total. The molecule has 3 aromatic rings. The Hall–Kier alpha value is -1.87. The summed E-state index contributed by atoms with van der Waals surface area (Å²) in [7, 11) is 0. The number of nitrogens with zero attached hydrogens (tertiary/aromatic N) is 2. The van der Waals surface area contributed by atoms with Crippen molar-refractivity contribution in [2.24, 2.45) is 4.99 Å². The van der Waals surface area contributed by atoms with E-state index in [-0.39, 0.29) is 0 Å². The molecule has 0 fully saturated rings. The Bertz CT molecular complexity index is 845. The third kappa shape index (κ3) is 5.07. The van der Waals surface area contributed by atoms with Crippen molar-refractivity contribution >= 4 is 40.2 Å². The minimum Gasteiger partial charge on any atom is -0.443 e. The second-order valence-corrected chi connectivity index (χ2v) is 8.05. The lowest BCUT2D eigenvalue weighted by molar-refractivity contribution is 0.184. The van der Waals surface area contributed by atoms with Crippen molar-refractivity contribution in [1.82, 2.24) is 15.6 Å². The Morgan fingerprint density at radius 2 is 2.27 bits per heavy atom. The Morgan fingerprint density at radius 1 is 1.38 bits per heavy atom. The molecule has 0 aliphatic carbocycles. The zero-order chi connectivity index (χ0) is 18.4. The van der Waals surface area contributed by atoms with Gasteiger partial charge < -0.3 is 20.2 Å². The predicted molar refractivity (Wildman–Crippen MR) is 107 cm³/mol. The minimum absolute atomic E-state index is 0.335. The van der Waals surface area contributed by atoms with Gasteiger partial charge in [0.05, 0.1) is 15.8 Å². The van der Waals surface area contributed by atoms with Gasteiger partial charge in [-0.2, -0.15) is 0 Å². The summed E-state index contributed by atoms with van der Waals surface area (Å²) < 4.78 is 6.16. The van der Waals surface area contributed by atoms with Crippen LogP contribution in [0, 0.1) is 0 Å². The van der Waals surface area contributed by atoms with Crippen molar-refractivity contribution in [2.45, 2.75) is 19.6 Å². The summed E-state index contributed by atoms with van der Waals surface area (Å²) in [4.78, 5) is 10.7. The SMILES string of the molecule is CCNC(=NCc1coc(-c2cccs2)n1)NCC(O)c1ccc(Cl)s1. The van der Waals surface area contributed by atoms with E-state index in [1.54, 1.807) is 23.7 Å². The highest BCUT2D eigenvalue weighted by atomic mass is 35.5. The van der Waals surface area contributed by atoms with Crippen molar-refractivity contribution < 1.29 is 9.52 Å². The van der Waals surface area contributed by atoms with Crippen molar-refractivity contribution in [2.75, 3.05) is 13.1 Å². The van der Waals surface area contributed by atoms with Gasteiger partial charge in [-0.05, 0) is 30.5 Å². The lowest BCUT2D eigenvalue weighted by Crippen LogP contribution is -2.39. The normalized spacial score (nSPS) is 13.0. The molecule has 0 radical (unpaired) electrons. The van der Waals surface area contributed by atoms with E-state index < -0.39 is 6.10 Å². The zero-order valence-corrected chi connectivity index (χ0v) is 16.5. The standard InChI is InChI=1S/C17H19ClN4O2S2/c1-2-19-17(21-9-12(23)13-5-6-15(18)26-13)20-8-11-10-24-16(22-11)14-4-3-7-25-14/h3-7,10,12,23H,2,8-9H2,1H3,(H2,19,20,21). The molecule has 0 saturated heterocycles. The molecule has 3 rings (SSSR count). The van der Waals surface area contributed by atoms with Gasteiger partial charge in [-0.25, -0.2) is 9.98 Å². The van der Waals surface area contributed by atoms with Crippen molar-refractivity contribution in [1.29, 1.82) is 0 Å². The molecule has 0 amide bonds. The number of thiophene rings is 2. The average molecular weight is 411 g/mol. The van der Waals surface area contributed by atoms with Crippen LogP contribution in [0.25, 0.3) is 10.8 Å². The molecule has 0 aliphatic heterocycles. The van der Waals surface area contributed by atoms with E-state index in [4.69, 9.17) is 16.0 Å². The van der Waals surface area contributed by atoms with Gasteiger partial charge in [-0.15, -0.1) is 22.7 Å². The van der Waals surface area contributed by atoms with Crippen LogP contribution in [0.3, 0.4) is 0 Å². The summed E-state index contributed by atoms with van der Waals surface area (Å²) in [6, 6.07) is 7.53. The molecule has 0 aliphatic rings. The molecule has 9 heteroatoms. The summed E-state index contributed by atoms with van der Waals surface area (Å²) in [6.45, 7) is 3.41. The predicted octanol–water partition coefficient (Wildman–Crippen LogP) is 3.91. The van der Waals surface area contributed by atoms with Gasteiger partial charge in [-0.3, -0.25) is 0 Å². The van der Waals surface area contributed by atoms with Crippen LogP contribution in [0.4, 0.5) is 0 Å². The Kier molecular flexibility index (Phi) is 6.67. The summed E-state index contributed by atoms with van der Waals surface area (Å²) in [6.07, 6.45) is 0.971. The summed E-state index contributed by atoms with van der Waals surface area (Å²) in [5.74, 6) is 1.21. The van der Waals surface area contributed by atoms with E-state index in [1.165, 1.54) is 11.3 Å². The molecule has 138 valence electrons. The highest BCUT2D eigenvalue weighted by Gasteiger charge is 2.11. The molecule has 6 nitrogen and oxygen atoms in total. The van der Waals surface area contributed by atoms with Gasteiger partial charge >= 0.3 is 0 Å². The topological polar surface area (TPSA) is 82.7 Å². The molecule has 0 aromatic carbocycles. The van der Waals surface area contributed by atoms with E-state index in [1.807, 2.05) is 30.5 Å².